The SMILES string of the molecule is CC[C@H](C)n1ccc(C=O)c1. The van der Waals surface area contributed by atoms with Gasteiger partial charge in [-0.05, 0) is 19.4 Å². The third-order valence-electron chi connectivity index (χ3n) is 1.97. The van der Waals surface area contributed by atoms with Gasteiger partial charge in [-0.1, -0.05) is 6.92 Å². The van der Waals surface area contributed by atoms with Gasteiger partial charge in [0.05, 0.1) is 0 Å². The fraction of sp³-hybridized carbons (Fsp3) is 0.444. The Morgan fingerprint density at radius 3 is 2.91 bits per heavy atom. The van der Waals surface area contributed by atoms with Crippen LogP contribution >= 0.6 is 0 Å². The highest BCUT2D eigenvalue weighted by Crippen LogP contribution is 2.10. The predicted molar refractivity (Wildman–Crippen MR) is 44.8 cm³/mol. The van der Waals surface area contributed by atoms with E-state index in [-0.39, 0.29) is 0 Å². The average molecular weight is 151 g/mol. The minimum Gasteiger partial charge on any atom is -0.351 e. The Bertz CT molecular complexity index is 239. The molecule has 1 heterocycles. The Labute approximate surface area is 66.8 Å². The molecule has 0 saturated carbocycles. The zero-order valence-corrected chi connectivity index (χ0v) is 6.95. The van der Waals surface area contributed by atoms with Crippen molar-refractivity contribution in [2.24, 2.45) is 0 Å². The standard InChI is InChI=1S/C9H13NO/c1-3-8(2)10-5-4-9(6-10)7-11/h4-8H,3H2,1-2H3/t8-/m0/s1. The molecular weight excluding hydrogens is 138 g/mol. The molecule has 2 heteroatoms. The molecule has 1 rings (SSSR count). The van der Waals surface area contributed by atoms with Crippen molar-refractivity contribution in [3.63, 3.8) is 0 Å². The van der Waals surface area contributed by atoms with Crippen molar-refractivity contribution in [3.05, 3.63) is 24.0 Å². The summed E-state index contributed by atoms with van der Waals surface area (Å²) >= 11 is 0. The number of carbonyl (C=O) groups is 1. The van der Waals surface area contributed by atoms with Gasteiger partial charge in [0, 0.05) is 24.0 Å². The van der Waals surface area contributed by atoms with E-state index in [4.69, 9.17) is 0 Å². The smallest absolute Gasteiger partial charge is 0.151 e. The van der Waals surface area contributed by atoms with Gasteiger partial charge in [0.2, 0.25) is 0 Å². The normalized spacial score (nSPS) is 12.9. The molecule has 0 radical (unpaired) electrons. The summed E-state index contributed by atoms with van der Waals surface area (Å²) in [4.78, 5) is 10.3. The highest BCUT2D eigenvalue weighted by molar-refractivity contribution is 5.74. The van der Waals surface area contributed by atoms with Crippen molar-refractivity contribution in [3.8, 4) is 0 Å². The summed E-state index contributed by atoms with van der Waals surface area (Å²) in [6.07, 6.45) is 5.78. The van der Waals surface area contributed by atoms with Crippen LogP contribution in [0, 0.1) is 0 Å². The van der Waals surface area contributed by atoms with E-state index in [1.807, 2.05) is 18.5 Å². The van der Waals surface area contributed by atoms with E-state index in [9.17, 15) is 4.79 Å². The van der Waals surface area contributed by atoms with Crippen molar-refractivity contribution >= 4 is 6.29 Å². The summed E-state index contributed by atoms with van der Waals surface area (Å²) in [5.41, 5.74) is 0.755. The predicted octanol–water partition coefficient (Wildman–Crippen LogP) is 2.27. The molecule has 1 aromatic heterocycles. The summed E-state index contributed by atoms with van der Waals surface area (Å²) in [7, 11) is 0. The first-order valence-electron chi connectivity index (χ1n) is 3.90. The van der Waals surface area contributed by atoms with Gasteiger partial charge < -0.3 is 4.57 Å². The van der Waals surface area contributed by atoms with Gasteiger partial charge in [-0.2, -0.15) is 0 Å². The van der Waals surface area contributed by atoms with E-state index in [0.717, 1.165) is 18.3 Å². The summed E-state index contributed by atoms with van der Waals surface area (Å²) in [5, 5.41) is 0. The van der Waals surface area contributed by atoms with E-state index >= 15 is 0 Å². The van der Waals surface area contributed by atoms with Crippen LogP contribution < -0.4 is 0 Å². The number of hydrogen-bond donors (Lipinski definition) is 0. The summed E-state index contributed by atoms with van der Waals surface area (Å²) in [6, 6.07) is 2.32. The average Bonchev–Trinajstić information content (AvgIpc) is 2.50. The van der Waals surface area contributed by atoms with Gasteiger partial charge >= 0.3 is 0 Å². The Morgan fingerprint density at radius 2 is 2.45 bits per heavy atom. The molecule has 1 atom stereocenters. The minimum atomic E-state index is 0.490. The second-order valence-electron chi connectivity index (χ2n) is 2.77. The zero-order chi connectivity index (χ0) is 8.27. The van der Waals surface area contributed by atoms with Crippen molar-refractivity contribution in [2.45, 2.75) is 26.3 Å². The maximum absolute atomic E-state index is 10.3. The Morgan fingerprint density at radius 1 is 1.73 bits per heavy atom. The van der Waals surface area contributed by atoms with Gasteiger partial charge in [-0.3, -0.25) is 4.79 Å². The first kappa shape index (κ1) is 8.05. The van der Waals surface area contributed by atoms with Crippen LogP contribution in [0.15, 0.2) is 18.5 Å². The second kappa shape index (κ2) is 3.37. The van der Waals surface area contributed by atoms with Crippen molar-refractivity contribution < 1.29 is 4.79 Å². The lowest BCUT2D eigenvalue weighted by Gasteiger charge is -2.09. The lowest BCUT2D eigenvalue weighted by molar-refractivity contribution is 0.112. The van der Waals surface area contributed by atoms with Gasteiger partial charge in [0.1, 0.15) is 0 Å². The highest BCUT2D eigenvalue weighted by atomic mass is 16.1. The van der Waals surface area contributed by atoms with Crippen LogP contribution in [0.5, 0.6) is 0 Å². The first-order valence-corrected chi connectivity index (χ1v) is 3.90. The molecular formula is C9H13NO. The van der Waals surface area contributed by atoms with Crippen molar-refractivity contribution in [1.82, 2.24) is 4.57 Å². The van der Waals surface area contributed by atoms with E-state index in [0.29, 0.717) is 6.04 Å². The number of rotatable bonds is 3. The third kappa shape index (κ3) is 1.70. The van der Waals surface area contributed by atoms with E-state index in [2.05, 4.69) is 18.4 Å². The van der Waals surface area contributed by atoms with Gasteiger partial charge in [0.25, 0.3) is 0 Å². The molecule has 0 aliphatic carbocycles. The number of nitrogens with zero attached hydrogens (tertiary/aromatic N) is 1. The van der Waals surface area contributed by atoms with Crippen LogP contribution in [0.1, 0.15) is 36.7 Å². The molecule has 0 spiro atoms. The summed E-state index contributed by atoms with van der Waals surface area (Å²) < 4.78 is 2.06. The molecule has 0 N–H and O–H groups in total. The molecule has 11 heavy (non-hydrogen) atoms. The lowest BCUT2D eigenvalue weighted by Crippen LogP contribution is -1.99. The van der Waals surface area contributed by atoms with E-state index in [1.54, 1.807) is 0 Å². The summed E-state index contributed by atoms with van der Waals surface area (Å²) in [5.74, 6) is 0. The molecule has 2 nitrogen and oxygen atoms in total. The highest BCUT2D eigenvalue weighted by Gasteiger charge is 2.00. The van der Waals surface area contributed by atoms with Crippen LogP contribution in [0.3, 0.4) is 0 Å². The molecule has 0 fully saturated rings. The number of aldehydes is 1. The monoisotopic (exact) mass is 151 g/mol. The molecule has 0 saturated heterocycles. The number of hydrogen-bond acceptors (Lipinski definition) is 1. The largest absolute Gasteiger partial charge is 0.351 e. The summed E-state index contributed by atoms with van der Waals surface area (Å²) in [6.45, 7) is 4.26. The second-order valence-corrected chi connectivity index (χ2v) is 2.77. The fourth-order valence-corrected chi connectivity index (χ4v) is 0.985. The molecule has 0 unspecified atom stereocenters. The van der Waals surface area contributed by atoms with Crippen LogP contribution in [-0.2, 0) is 0 Å². The van der Waals surface area contributed by atoms with Crippen molar-refractivity contribution in [1.29, 1.82) is 0 Å². The zero-order valence-electron chi connectivity index (χ0n) is 6.95. The molecule has 0 aliphatic heterocycles. The first-order chi connectivity index (χ1) is 5.27. The number of carbonyl (C=O) groups excluding carboxylic acids is 1. The Kier molecular flexibility index (Phi) is 2.47. The number of aromatic nitrogens is 1. The van der Waals surface area contributed by atoms with Gasteiger partial charge in [0.15, 0.2) is 6.29 Å². The minimum absolute atomic E-state index is 0.490. The van der Waals surface area contributed by atoms with E-state index in [1.165, 1.54) is 0 Å². The fourth-order valence-electron chi connectivity index (χ4n) is 0.985. The lowest BCUT2D eigenvalue weighted by atomic mass is 10.3. The molecule has 60 valence electrons. The topological polar surface area (TPSA) is 22.0 Å². The Hall–Kier alpha value is -1.05. The van der Waals surface area contributed by atoms with E-state index < -0.39 is 0 Å². The molecule has 0 amide bonds. The molecule has 0 aromatic carbocycles. The van der Waals surface area contributed by atoms with Crippen LogP contribution in [-0.4, -0.2) is 10.9 Å². The van der Waals surface area contributed by atoms with Gasteiger partial charge in [-0.15, -0.1) is 0 Å². The molecule has 0 aliphatic rings. The van der Waals surface area contributed by atoms with Gasteiger partial charge in [-0.25, -0.2) is 0 Å². The maximum atomic E-state index is 10.3. The van der Waals surface area contributed by atoms with Crippen LogP contribution in [0.2, 0.25) is 0 Å². The molecule has 1 aromatic rings. The van der Waals surface area contributed by atoms with Crippen LogP contribution in [0.25, 0.3) is 0 Å². The van der Waals surface area contributed by atoms with Crippen molar-refractivity contribution in [2.75, 3.05) is 0 Å². The molecule has 0 bridgehead atoms. The third-order valence-corrected chi connectivity index (χ3v) is 1.97. The van der Waals surface area contributed by atoms with Crippen LogP contribution in [0.4, 0.5) is 0 Å². The Balaban J connectivity index is 2.79. The maximum Gasteiger partial charge on any atom is 0.151 e. The quantitative estimate of drug-likeness (QED) is 0.607.